The van der Waals surface area contributed by atoms with Crippen LogP contribution in [0.5, 0.6) is 0 Å². The summed E-state index contributed by atoms with van der Waals surface area (Å²) < 4.78 is 2.02. The highest BCUT2D eigenvalue weighted by atomic mass is 15.3. The molecule has 0 saturated carbocycles. The van der Waals surface area contributed by atoms with Gasteiger partial charge in [0.05, 0.1) is 6.54 Å². The van der Waals surface area contributed by atoms with Crippen LogP contribution in [-0.2, 0) is 13.1 Å². The normalized spacial score (nSPS) is 10.6. The molecule has 1 rings (SSSR count). The van der Waals surface area contributed by atoms with E-state index in [1.54, 1.807) is 6.33 Å². The number of aryl methyl sites for hydroxylation is 1. The van der Waals surface area contributed by atoms with Gasteiger partial charge in [-0.1, -0.05) is 0 Å². The Morgan fingerprint density at radius 2 is 2.46 bits per heavy atom. The first-order valence-electron chi connectivity index (χ1n) is 4.66. The highest BCUT2D eigenvalue weighted by molar-refractivity contribution is 4.84. The molecule has 5 heteroatoms. The van der Waals surface area contributed by atoms with E-state index in [1.807, 2.05) is 4.57 Å². The molecule has 0 aliphatic rings. The fraction of sp³-hybridized carbons (Fsp3) is 0.750. The number of rotatable bonds is 6. The molecule has 0 unspecified atom stereocenters. The van der Waals surface area contributed by atoms with E-state index in [4.69, 9.17) is 5.73 Å². The summed E-state index contributed by atoms with van der Waals surface area (Å²) in [7, 11) is 0. The third-order valence-electron chi connectivity index (χ3n) is 1.88. The summed E-state index contributed by atoms with van der Waals surface area (Å²) in [5, 5.41) is 11.1. The fourth-order valence-electron chi connectivity index (χ4n) is 1.11. The molecular formula is C8H17N5. The Balaban J connectivity index is 2.27. The topological polar surface area (TPSA) is 68.8 Å². The number of aromatic nitrogens is 3. The number of nitrogens with one attached hydrogen (secondary N) is 1. The third-order valence-corrected chi connectivity index (χ3v) is 1.88. The van der Waals surface area contributed by atoms with Gasteiger partial charge in [0, 0.05) is 6.54 Å². The van der Waals surface area contributed by atoms with E-state index in [2.05, 4.69) is 22.4 Å². The minimum absolute atomic E-state index is 0.730. The van der Waals surface area contributed by atoms with Crippen molar-refractivity contribution in [3.63, 3.8) is 0 Å². The summed E-state index contributed by atoms with van der Waals surface area (Å²) in [5.41, 5.74) is 5.37. The lowest BCUT2D eigenvalue weighted by molar-refractivity contribution is 0.599. The average Bonchev–Trinajstić information content (AvgIpc) is 2.60. The van der Waals surface area contributed by atoms with E-state index >= 15 is 0 Å². The second-order valence-electron chi connectivity index (χ2n) is 2.85. The van der Waals surface area contributed by atoms with Crippen LogP contribution < -0.4 is 11.1 Å². The fourth-order valence-corrected chi connectivity index (χ4v) is 1.11. The van der Waals surface area contributed by atoms with Gasteiger partial charge >= 0.3 is 0 Å². The van der Waals surface area contributed by atoms with Crippen LogP contribution in [0.3, 0.4) is 0 Å². The Morgan fingerprint density at radius 3 is 3.15 bits per heavy atom. The van der Waals surface area contributed by atoms with Gasteiger partial charge in [-0.2, -0.15) is 0 Å². The highest BCUT2D eigenvalue weighted by Crippen LogP contribution is 1.93. The van der Waals surface area contributed by atoms with E-state index in [1.165, 1.54) is 0 Å². The van der Waals surface area contributed by atoms with Crippen molar-refractivity contribution in [3.05, 3.63) is 12.2 Å². The summed E-state index contributed by atoms with van der Waals surface area (Å²) in [4.78, 5) is 0. The van der Waals surface area contributed by atoms with Crippen molar-refractivity contribution < 1.29 is 0 Å². The molecule has 1 aromatic rings. The SMILES string of the molecule is CCn1cnnc1CNCCCN. The summed E-state index contributed by atoms with van der Waals surface area (Å²) in [5.74, 6) is 0.986. The molecule has 1 heterocycles. The number of nitrogens with zero attached hydrogens (tertiary/aromatic N) is 3. The first-order valence-corrected chi connectivity index (χ1v) is 4.66. The van der Waals surface area contributed by atoms with Gasteiger partial charge in [-0.3, -0.25) is 0 Å². The molecule has 0 radical (unpaired) electrons. The third kappa shape index (κ3) is 3.12. The van der Waals surface area contributed by atoms with Gasteiger partial charge in [0.25, 0.3) is 0 Å². The van der Waals surface area contributed by atoms with Gasteiger partial charge in [0.15, 0.2) is 0 Å². The Kier molecular flexibility index (Phi) is 4.42. The molecule has 0 bridgehead atoms. The molecule has 74 valence electrons. The zero-order valence-electron chi connectivity index (χ0n) is 8.03. The van der Waals surface area contributed by atoms with Gasteiger partial charge in [0.1, 0.15) is 12.2 Å². The molecule has 0 aliphatic carbocycles. The molecule has 0 spiro atoms. The zero-order chi connectivity index (χ0) is 9.52. The van der Waals surface area contributed by atoms with Crippen molar-refractivity contribution >= 4 is 0 Å². The predicted octanol–water partition coefficient (Wildman–Crippen LogP) is -0.264. The first-order chi connectivity index (χ1) is 6.38. The summed E-state index contributed by atoms with van der Waals surface area (Å²) in [6.45, 7) is 5.43. The van der Waals surface area contributed by atoms with Crippen LogP contribution in [0.15, 0.2) is 6.33 Å². The van der Waals surface area contributed by atoms with Crippen LogP contribution in [0.4, 0.5) is 0 Å². The van der Waals surface area contributed by atoms with Crippen LogP contribution >= 0.6 is 0 Å². The molecule has 0 amide bonds. The van der Waals surface area contributed by atoms with Crippen LogP contribution in [-0.4, -0.2) is 27.9 Å². The van der Waals surface area contributed by atoms with E-state index in [0.29, 0.717) is 0 Å². The summed E-state index contributed by atoms with van der Waals surface area (Å²) >= 11 is 0. The lowest BCUT2D eigenvalue weighted by atomic mass is 10.4. The standard InChI is InChI=1S/C8H17N5/c1-2-13-7-11-12-8(13)6-10-5-3-4-9/h7,10H,2-6,9H2,1H3. The molecule has 13 heavy (non-hydrogen) atoms. The molecule has 0 aromatic carbocycles. The van der Waals surface area contributed by atoms with Crippen molar-refractivity contribution in [2.45, 2.75) is 26.4 Å². The van der Waals surface area contributed by atoms with Crippen LogP contribution in [0, 0.1) is 0 Å². The molecular weight excluding hydrogens is 166 g/mol. The Bertz CT molecular complexity index is 232. The van der Waals surface area contributed by atoms with E-state index in [-0.39, 0.29) is 0 Å². The number of nitrogens with two attached hydrogens (primary N) is 1. The zero-order valence-corrected chi connectivity index (χ0v) is 8.03. The Hall–Kier alpha value is -0.940. The lowest BCUT2D eigenvalue weighted by Gasteiger charge is -2.04. The van der Waals surface area contributed by atoms with Gasteiger partial charge in [0.2, 0.25) is 0 Å². The minimum Gasteiger partial charge on any atom is -0.330 e. The molecule has 5 nitrogen and oxygen atoms in total. The Labute approximate surface area is 78.3 Å². The van der Waals surface area contributed by atoms with Crippen LogP contribution in [0.2, 0.25) is 0 Å². The van der Waals surface area contributed by atoms with Crippen molar-refractivity contribution in [2.75, 3.05) is 13.1 Å². The van der Waals surface area contributed by atoms with Crippen molar-refractivity contribution in [1.29, 1.82) is 0 Å². The van der Waals surface area contributed by atoms with Crippen molar-refractivity contribution in [3.8, 4) is 0 Å². The predicted molar refractivity (Wildman–Crippen MR) is 51.1 cm³/mol. The smallest absolute Gasteiger partial charge is 0.146 e. The second-order valence-corrected chi connectivity index (χ2v) is 2.85. The number of hydrogen-bond acceptors (Lipinski definition) is 4. The lowest BCUT2D eigenvalue weighted by Crippen LogP contribution is -2.20. The van der Waals surface area contributed by atoms with Gasteiger partial charge in [-0.15, -0.1) is 10.2 Å². The maximum absolute atomic E-state index is 5.37. The van der Waals surface area contributed by atoms with Crippen LogP contribution in [0.25, 0.3) is 0 Å². The van der Waals surface area contributed by atoms with E-state index in [9.17, 15) is 0 Å². The molecule has 0 fully saturated rings. The van der Waals surface area contributed by atoms with E-state index < -0.39 is 0 Å². The Morgan fingerprint density at radius 1 is 1.62 bits per heavy atom. The largest absolute Gasteiger partial charge is 0.330 e. The van der Waals surface area contributed by atoms with Crippen molar-refractivity contribution in [2.24, 2.45) is 5.73 Å². The van der Waals surface area contributed by atoms with E-state index in [0.717, 1.165) is 38.4 Å². The molecule has 0 aliphatic heterocycles. The molecule has 0 saturated heterocycles. The second kappa shape index (κ2) is 5.66. The maximum atomic E-state index is 5.37. The van der Waals surface area contributed by atoms with Crippen LogP contribution in [0.1, 0.15) is 19.2 Å². The average molecular weight is 183 g/mol. The highest BCUT2D eigenvalue weighted by Gasteiger charge is 2.00. The monoisotopic (exact) mass is 183 g/mol. The van der Waals surface area contributed by atoms with Gasteiger partial charge in [-0.05, 0) is 26.4 Å². The molecule has 0 atom stereocenters. The summed E-state index contributed by atoms with van der Waals surface area (Å²) in [6, 6.07) is 0. The molecule has 3 N–H and O–H groups in total. The maximum Gasteiger partial charge on any atom is 0.146 e. The van der Waals surface area contributed by atoms with Gasteiger partial charge in [-0.25, -0.2) is 0 Å². The number of hydrogen-bond donors (Lipinski definition) is 2. The summed E-state index contributed by atoms with van der Waals surface area (Å²) in [6.07, 6.45) is 2.75. The first kappa shape index (κ1) is 10.1. The van der Waals surface area contributed by atoms with Crippen molar-refractivity contribution in [1.82, 2.24) is 20.1 Å². The minimum atomic E-state index is 0.730. The van der Waals surface area contributed by atoms with Gasteiger partial charge < -0.3 is 15.6 Å². The quantitative estimate of drug-likeness (QED) is 0.596. The molecule has 1 aromatic heterocycles.